The maximum absolute atomic E-state index is 7.00. The molecule has 0 aromatic rings. The molecule has 2 rings (SSSR count). The minimum Gasteiger partial charge on any atom is -0.400 e. The Bertz CT molecular complexity index is 121. The molecule has 0 aliphatic heterocycles. The van der Waals surface area contributed by atoms with Crippen LogP contribution in [-0.2, 0) is 0 Å². The standard InChI is InChI=1S/C13H24.2C2H6.2CH4O/c1-3-7-12(8-4-1)11-13-9-5-2-6-10-13;4*1-2/h12-13H,1-11H2;2*1-2H3;2*2H,1H3. The molecule has 2 saturated carbocycles. The highest BCUT2D eigenvalue weighted by molar-refractivity contribution is 4.73. The van der Waals surface area contributed by atoms with Crippen LogP contribution >= 0.6 is 0 Å². The van der Waals surface area contributed by atoms with Crippen LogP contribution in [0, 0.1) is 11.8 Å². The van der Waals surface area contributed by atoms with E-state index in [0.717, 1.165) is 26.1 Å². The Morgan fingerprint density at radius 3 is 1.00 bits per heavy atom. The number of hydrogen-bond donors (Lipinski definition) is 2. The minimum absolute atomic E-state index is 1.00. The van der Waals surface area contributed by atoms with Crippen LogP contribution in [0.25, 0.3) is 0 Å². The molecule has 0 spiro atoms. The van der Waals surface area contributed by atoms with Gasteiger partial charge in [-0.25, -0.2) is 0 Å². The summed E-state index contributed by atoms with van der Waals surface area (Å²) >= 11 is 0. The van der Waals surface area contributed by atoms with Crippen LogP contribution < -0.4 is 0 Å². The van der Waals surface area contributed by atoms with Gasteiger partial charge in [-0.15, -0.1) is 0 Å². The van der Waals surface area contributed by atoms with Crippen LogP contribution in [0.2, 0.25) is 0 Å². The Balaban J connectivity index is -0.000000353. The molecule has 21 heavy (non-hydrogen) atoms. The third kappa shape index (κ3) is 16.1. The molecule has 132 valence electrons. The van der Waals surface area contributed by atoms with Crippen molar-refractivity contribution in [2.24, 2.45) is 11.8 Å². The smallest absolute Gasteiger partial charge is 0.0319 e. The Kier molecular flexibility index (Phi) is 30.7. The quantitative estimate of drug-likeness (QED) is 0.676. The van der Waals surface area contributed by atoms with Gasteiger partial charge < -0.3 is 10.2 Å². The molecule has 0 heterocycles. The van der Waals surface area contributed by atoms with Crippen molar-refractivity contribution < 1.29 is 10.2 Å². The average molecular weight is 305 g/mol. The summed E-state index contributed by atoms with van der Waals surface area (Å²) in [4.78, 5) is 0. The van der Waals surface area contributed by atoms with E-state index in [0.29, 0.717) is 0 Å². The van der Waals surface area contributed by atoms with E-state index in [1.165, 1.54) is 38.5 Å². The van der Waals surface area contributed by atoms with Gasteiger partial charge in [0.1, 0.15) is 0 Å². The minimum atomic E-state index is 1.00. The first kappa shape index (κ1) is 25.9. The first-order valence-corrected chi connectivity index (χ1v) is 9.34. The fourth-order valence-corrected chi connectivity index (χ4v) is 3.32. The van der Waals surface area contributed by atoms with E-state index in [4.69, 9.17) is 10.2 Å². The first-order chi connectivity index (χ1) is 10.4. The molecule has 2 nitrogen and oxygen atoms in total. The van der Waals surface area contributed by atoms with Crippen LogP contribution in [0.5, 0.6) is 0 Å². The largest absolute Gasteiger partial charge is 0.400 e. The Morgan fingerprint density at radius 2 is 0.762 bits per heavy atom. The molecular weight excluding hydrogens is 260 g/mol. The molecule has 0 amide bonds. The number of aliphatic hydroxyl groups excluding tert-OH is 2. The van der Waals surface area contributed by atoms with Gasteiger partial charge in [0.25, 0.3) is 0 Å². The molecule has 2 heteroatoms. The zero-order chi connectivity index (χ0) is 16.9. The lowest BCUT2D eigenvalue weighted by molar-refractivity contribution is 0.244. The summed E-state index contributed by atoms with van der Waals surface area (Å²) in [5, 5.41) is 14.0. The van der Waals surface area contributed by atoms with Crippen LogP contribution in [0.15, 0.2) is 0 Å². The molecule has 0 saturated heterocycles. The van der Waals surface area contributed by atoms with Crippen molar-refractivity contribution in [1.82, 2.24) is 0 Å². The van der Waals surface area contributed by atoms with Crippen molar-refractivity contribution in [3.05, 3.63) is 0 Å². The van der Waals surface area contributed by atoms with E-state index in [-0.39, 0.29) is 0 Å². The first-order valence-electron chi connectivity index (χ1n) is 9.34. The molecule has 0 atom stereocenters. The van der Waals surface area contributed by atoms with Gasteiger partial charge in [-0.2, -0.15) is 0 Å². The van der Waals surface area contributed by atoms with E-state index >= 15 is 0 Å². The van der Waals surface area contributed by atoms with Crippen LogP contribution in [-0.4, -0.2) is 24.4 Å². The third-order valence-corrected chi connectivity index (χ3v) is 4.12. The topological polar surface area (TPSA) is 40.5 Å². The van der Waals surface area contributed by atoms with Crippen molar-refractivity contribution in [3.8, 4) is 0 Å². The van der Waals surface area contributed by atoms with E-state index in [2.05, 4.69) is 0 Å². The van der Waals surface area contributed by atoms with Crippen molar-refractivity contribution >= 4 is 0 Å². The van der Waals surface area contributed by atoms with Gasteiger partial charge in [-0.3, -0.25) is 0 Å². The SMILES string of the molecule is C1CCC(CC2CCCCC2)CC1.CC.CC.CO.CO. The predicted molar refractivity (Wildman–Crippen MR) is 96.7 cm³/mol. The second-order valence-electron chi connectivity index (χ2n) is 5.24. The van der Waals surface area contributed by atoms with Gasteiger partial charge in [-0.1, -0.05) is 91.9 Å². The highest BCUT2D eigenvalue weighted by Crippen LogP contribution is 2.34. The van der Waals surface area contributed by atoms with Gasteiger partial charge >= 0.3 is 0 Å². The Labute approximate surface area is 135 Å². The Hall–Kier alpha value is -0.0800. The Morgan fingerprint density at radius 1 is 0.524 bits per heavy atom. The van der Waals surface area contributed by atoms with Crippen LogP contribution in [0.4, 0.5) is 0 Å². The summed E-state index contributed by atoms with van der Waals surface area (Å²) < 4.78 is 0. The maximum atomic E-state index is 7.00. The molecule has 2 N–H and O–H groups in total. The zero-order valence-electron chi connectivity index (χ0n) is 15.8. The summed E-state index contributed by atoms with van der Waals surface area (Å²) in [6.45, 7) is 8.00. The normalized spacial score (nSPS) is 18.3. The monoisotopic (exact) mass is 304 g/mol. The molecule has 2 fully saturated rings. The number of rotatable bonds is 2. The lowest BCUT2D eigenvalue weighted by atomic mass is 9.78. The van der Waals surface area contributed by atoms with E-state index < -0.39 is 0 Å². The lowest BCUT2D eigenvalue weighted by Crippen LogP contribution is -2.14. The number of aliphatic hydroxyl groups is 2. The zero-order valence-corrected chi connectivity index (χ0v) is 15.8. The van der Waals surface area contributed by atoms with Gasteiger partial charge in [0.15, 0.2) is 0 Å². The number of hydrogen-bond acceptors (Lipinski definition) is 2. The summed E-state index contributed by atoms with van der Waals surface area (Å²) in [7, 11) is 2.00. The van der Waals surface area contributed by atoms with Crippen molar-refractivity contribution in [1.29, 1.82) is 0 Å². The van der Waals surface area contributed by atoms with Gasteiger partial charge in [-0.05, 0) is 18.3 Å². The molecule has 0 radical (unpaired) electrons. The fraction of sp³-hybridized carbons (Fsp3) is 1.00. The van der Waals surface area contributed by atoms with Crippen LogP contribution in [0.3, 0.4) is 0 Å². The third-order valence-electron chi connectivity index (χ3n) is 4.12. The second kappa shape index (κ2) is 24.9. The maximum Gasteiger partial charge on any atom is 0.0319 e. The summed E-state index contributed by atoms with van der Waals surface area (Å²) in [6, 6.07) is 0. The summed E-state index contributed by atoms with van der Waals surface area (Å²) in [5.74, 6) is 2.24. The van der Waals surface area contributed by atoms with Crippen LogP contribution in [0.1, 0.15) is 98.3 Å². The molecule has 0 aromatic carbocycles. The van der Waals surface area contributed by atoms with Crippen molar-refractivity contribution in [3.63, 3.8) is 0 Å². The summed E-state index contributed by atoms with van der Waals surface area (Å²) in [6.07, 6.45) is 16.9. The molecular formula is C19H44O2. The van der Waals surface area contributed by atoms with Crippen molar-refractivity contribution in [2.45, 2.75) is 98.3 Å². The fourth-order valence-electron chi connectivity index (χ4n) is 3.32. The van der Waals surface area contributed by atoms with E-state index in [1.807, 2.05) is 27.7 Å². The molecule has 0 unspecified atom stereocenters. The molecule has 2 aliphatic rings. The van der Waals surface area contributed by atoms with E-state index in [1.54, 1.807) is 32.1 Å². The average Bonchev–Trinajstić information content (AvgIpc) is 2.64. The van der Waals surface area contributed by atoms with Gasteiger partial charge in [0, 0.05) is 14.2 Å². The summed E-state index contributed by atoms with van der Waals surface area (Å²) in [5.41, 5.74) is 0. The predicted octanol–water partition coefficient (Wildman–Crippen LogP) is 5.81. The highest BCUT2D eigenvalue weighted by atomic mass is 16.2. The molecule has 2 aliphatic carbocycles. The van der Waals surface area contributed by atoms with Crippen molar-refractivity contribution in [2.75, 3.05) is 14.2 Å². The molecule has 0 aromatic heterocycles. The lowest BCUT2D eigenvalue weighted by Gasteiger charge is -2.28. The van der Waals surface area contributed by atoms with Gasteiger partial charge in [0.05, 0.1) is 0 Å². The second-order valence-corrected chi connectivity index (χ2v) is 5.24. The van der Waals surface area contributed by atoms with E-state index in [9.17, 15) is 0 Å². The highest BCUT2D eigenvalue weighted by Gasteiger charge is 2.20. The van der Waals surface area contributed by atoms with Gasteiger partial charge in [0.2, 0.25) is 0 Å². The molecule has 0 bridgehead atoms.